The first-order valence-corrected chi connectivity index (χ1v) is 18.3. The van der Waals surface area contributed by atoms with Crippen LogP contribution in [-0.2, 0) is 39.1 Å². The summed E-state index contributed by atoms with van der Waals surface area (Å²) in [6, 6.07) is 26.7. The van der Waals surface area contributed by atoms with Gasteiger partial charge in [-0.15, -0.1) is 0 Å². The molecule has 0 saturated carbocycles. The van der Waals surface area contributed by atoms with Crippen LogP contribution in [0.25, 0.3) is 0 Å². The van der Waals surface area contributed by atoms with Gasteiger partial charge < -0.3 is 39.8 Å². The van der Waals surface area contributed by atoms with Gasteiger partial charge in [-0.05, 0) is 71.5 Å². The standard InChI is InChI=1S/C43H40N6O6/c1-52-38-15-34-36(45-19-32-13-25-6-3-4-7-27(25)21-48(32)42(34)50)17-40(38)54-23-30-8-5-9-31(47-30)24-55-41-18-37-35(16-39(41)53-2)43(51)49-22-28-12-29(44)11-10-26(28)14-33(49)20-46-37/h3-12,15-18,20,32-33,45H,13-14,19,21-24,44H2,1-2H3/t32-,33-/m0/s1. The number of amides is 2. The van der Waals surface area contributed by atoms with E-state index in [0.717, 1.165) is 17.5 Å². The predicted molar refractivity (Wildman–Crippen MR) is 208 cm³/mol. The molecular weight excluding hydrogens is 697 g/mol. The van der Waals surface area contributed by atoms with Gasteiger partial charge in [0, 0.05) is 43.7 Å². The van der Waals surface area contributed by atoms with Gasteiger partial charge in [0.2, 0.25) is 0 Å². The molecule has 55 heavy (non-hydrogen) atoms. The highest BCUT2D eigenvalue weighted by Crippen LogP contribution is 2.40. The predicted octanol–water partition coefficient (Wildman–Crippen LogP) is 6.11. The highest BCUT2D eigenvalue weighted by atomic mass is 16.5. The van der Waals surface area contributed by atoms with Crippen molar-refractivity contribution < 1.29 is 28.5 Å². The van der Waals surface area contributed by atoms with E-state index >= 15 is 0 Å². The van der Waals surface area contributed by atoms with Crippen molar-refractivity contribution in [3.63, 3.8) is 0 Å². The van der Waals surface area contributed by atoms with Crippen molar-refractivity contribution in [1.29, 1.82) is 0 Å². The lowest BCUT2D eigenvalue weighted by molar-refractivity contribution is 0.0659. The van der Waals surface area contributed by atoms with Gasteiger partial charge in [0.05, 0.1) is 60.2 Å². The van der Waals surface area contributed by atoms with E-state index in [9.17, 15) is 9.59 Å². The maximum atomic E-state index is 13.8. The summed E-state index contributed by atoms with van der Waals surface area (Å²) in [5.74, 6) is 1.68. The van der Waals surface area contributed by atoms with Crippen LogP contribution < -0.4 is 30.0 Å². The smallest absolute Gasteiger partial charge is 0.257 e. The second kappa shape index (κ2) is 14.0. The zero-order chi connectivity index (χ0) is 37.6. The van der Waals surface area contributed by atoms with Gasteiger partial charge in [-0.2, -0.15) is 0 Å². The Morgan fingerprint density at radius 3 is 2.15 bits per heavy atom. The van der Waals surface area contributed by atoms with E-state index in [2.05, 4.69) is 17.4 Å². The average Bonchev–Trinajstić information content (AvgIpc) is 3.42. The van der Waals surface area contributed by atoms with E-state index in [1.54, 1.807) is 32.4 Å². The first kappa shape index (κ1) is 34.2. The van der Waals surface area contributed by atoms with Crippen molar-refractivity contribution in [3.8, 4) is 23.0 Å². The number of hydrogen-bond acceptors (Lipinski definition) is 10. The molecule has 9 rings (SSSR count). The zero-order valence-electron chi connectivity index (χ0n) is 30.6. The topological polar surface area (TPSA) is 141 Å². The summed E-state index contributed by atoms with van der Waals surface area (Å²) in [4.78, 5) is 40.9. The molecule has 0 saturated heterocycles. The molecule has 3 N–H and O–H groups in total. The Balaban J connectivity index is 0.888. The minimum absolute atomic E-state index is 0.0315. The summed E-state index contributed by atoms with van der Waals surface area (Å²) in [6.45, 7) is 1.96. The van der Waals surface area contributed by atoms with Crippen LogP contribution in [0, 0.1) is 0 Å². The van der Waals surface area contributed by atoms with E-state index in [4.69, 9.17) is 34.7 Å². The van der Waals surface area contributed by atoms with Crippen molar-refractivity contribution in [1.82, 2.24) is 14.8 Å². The number of nitrogens with one attached hydrogen (secondary N) is 1. The molecule has 5 heterocycles. The second-order valence-corrected chi connectivity index (χ2v) is 14.2. The van der Waals surface area contributed by atoms with Gasteiger partial charge in [-0.1, -0.05) is 36.4 Å². The highest BCUT2D eigenvalue weighted by molar-refractivity contribution is 6.04. The summed E-state index contributed by atoms with van der Waals surface area (Å²) >= 11 is 0. The first-order chi connectivity index (χ1) is 26.8. The van der Waals surface area contributed by atoms with Crippen LogP contribution in [0.4, 0.5) is 17.1 Å². The molecule has 4 aliphatic rings. The molecule has 0 radical (unpaired) electrons. The Morgan fingerprint density at radius 1 is 0.709 bits per heavy atom. The Kier molecular flexibility index (Phi) is 8.72. The van der Waals surface area contributed by atoms with Gasteiger partial charge in [0.15, 0.2) is 23.0 Å². The molecule has 278 valence electrons. The van der Waals surface area contributed by atoms with E-state index < -0.39 is 0 Å². The van der Waals surface area contributed by atoms with E-state index in [1.807, 2.05) is 70.6 Å². The number of benzene rings is 4. The molecule has 5 aromatic rings. The minimum Gasteiger partial charge on any atom is -0.493 e. The summed E-state index contributed by atoms with van der Waals surface area (Å²) in [6.07, 6.45) is 3.30. The molecule has 2 amide bonds. The molecule has 0 fully saturated rings. The summed E-state index contributed by atoms with van der Waals surface area (Å²) in [5, 5.41) is 3.50. The molecule has 4 aromatic carbocycles. The van der Waals surface area contributed by atoms with Crippen molar-refractivity contribution in [2.24, 2.45) is 4.99 Å². The van der Waals surface area contributed by atoms with Crippen LogP contribution in [0.3, 0.4) is 0 Å². The number of methoxy groups -OCH3 is 2. The van der Waals surface area contributed by atoms with Crippen molar-refractivity contribution in [2.45, 2.75) is 51.2 Å². The molecule has 0 spiro atoms. The van der Waals surface area contributed by atoms with E-state index in [1.165, 1.54) is 11.1 Å². The monoisotopic (exact) mass is 736 g/mol. The number of rotatable bonds is 8. The molecule has 0 unspecified atom stereocenters. The molecule has 4 aliphatic heterocycles. The zero-order valence-corrected chi connectivity index (χ0v) is 30.6. The Morgan fingerprint density at radius 2 is 1.38 bits per heavy atom. The number of carbonyl (C=O) groups excluding carboxylic acids is 2. The molecule has 0 aliphatic carbocycles. The number of pyridine rings is 1. The number of fused-ring (bicyclic) bond motifs is 6. The van der Waals surface area contributed by atoms with Crippen LogP contribution in [0.15, 0.2) is 89.9 Å². The lowest BCUT2D eigenvalue weighted by atomic mass is 9.93. The molecule has 0 bridgehead atoms. The van der Waals surface area contributed by atoms with Gasteiger partial charge in [0.25, 0.3) is 11.8 Å². The average molecular weight is 737 g/mol. The molecular formula is C43H40N6O6. The third-order valence-electron chi connectivity index (χ3n) is 10.9. The minimum atomic E-state index is -0.175. The quantitative estimate of drug-likeness (QED) is 0.181. The Hall–Kier alpha value is -6.56. The van der Waals surface area contributed by atoms with E-state index in [-0.39, 0.29) is 37.1 Å². The van der Waals surface area contributed by atoms with Crippen molar-refractivity contribution in [3.05, 3.63) is 130 Å². The van der Waals surface area contributed by atoms with Gasteiger partial charge in [-0.3, -0.25) is 19.6 Å². The largest absolute Gasteiger partial charge is 0.493 e. The first-order valence-electron chi connectivity index (χ1n) is 18.3. The number of nitrogens with two attached hydrogens (primary N) is 1. The van der Waals surface area contributed by atoms with Crippen molar-refractivity contribution in [2.75, 3.05) is 31.8 Å². The number of aliphatic imine (C=N–C) groups is 1. The number of carbonyl (C=O) groups is 2. The normalized spacial score (nSPS) is 17.9. The Bertz CT molecular complexity index is 2380. The van der Waals surface area contributed by atoms with Crippen LogP contribution in [0.5, 0.6) is 23.0 Å². The van der Waals surface area contributed by atoms with E-state index in [0.29, 0.717) is 88.6 Å². The third-order valence-corrected chi connectivity index (χ3v) is 10.9. The summed E-state index contributed by atoms with van der Waals surface area (Å²) < 4.78 is 23.9. The number of nitrogen functional groups attached to an aromatic ring is 1. The van der Waals surface area contributed by atoms with Gasteiger partial charge in [0.1, 0.15) is 13.2 Å². The Labute approximate surface area is 318 Å². The lowest BCUT2D eigenvalue weighted by Crippen LogP contribution is -2.45. The maximum Gasteiger partial charge on any atom is 0.257 e. The summed E-state index contributed by atoms with van der Waals surface area (Å²) in [5.41, 5.74) is 15.0. The fraction of sp³-hybridized carbons (Fsp3) is 0.256. The molecule has 2 atom stereocenters. The molecule has 1 aromatic heterocycles. The SMILES string of the molecule is COc1cc2c(cc1OCc1cccc(COc3cc4c(cc3OC)C(=O)N3Cc5ccccc5C[C@H]3CN4)n1)N=C[C@@H]1Cc3ccc(N)cc3CN1C2=O. The second-order valence-electron chi connectivity index (χ2n) is 14.2. The lowest BCUT2D eigenvalue weighted by Gasteiger charge is -2.35. The number of nitrogens with zero attached hydrogens (tertiary/aromatic N) is 4. The number of hydrogen-bond donors (Lipinski definition) is 2. The van der Waals surface area contributed by atoms with Gasteiger partial charge in [-0.25, -0.2) is 0 Å². The van der Waals surface area contributed by atoms with Crippen LogP contribution in [0.1, 0.15) is 54.4 Å². The highest BCUT2D eigenvalue weighted by Gasteiger charge is 2.35. The van der Waals surface area contributed by atoms with Crippen LogP contribution >= 0.6 is 0 Å². The van der Waals surface area contributed by atoms with Crippen LogP contribution in [-0.4, -0.2) is 65.7 Å². The molecule has 12 heteroatoms. The fourth-order valence-corrected chi connectivity index (χ4v) is 7.94. The van der Waals surface area contributed by atoms with Gasteiger partial charge >= 0.3 is 0 Å². The number of anilines is 2. The maximum absolute atomic E-state index is 13.8. The number of aromatic nitrogens is 1. The third kappa shape index (κ3) is 6.43. The van der Waals surface area contributed by atoms with Crippen molar-refractivity contribution >= 4 is 35.1 Å². The summed E-state index contributed by atoms with van der Waals surface area (Å²) in [7, 11) is 3.11. The number of ether oxygens (including phenoxy) is 4. The molecule has 12 nitrogen and oxygen atoms in total. The fourth-order valence-electron chi connectivity index (χ4n) is 7.94. The van der Waals surface area contributed by atoms with Crippen LogP contribution in [0.2, 0.25) is 0 Å².